The van der Waals surface area contributed by atoms with E-state index in [2.05, 4.69) is 52.0 Å². The van der Waals surface area contributed by atoms with Crippen molar-refractivity contribution in [3.63, 3.8) is 0 Å². The van der Waals surface area contributed by atoms with E-state index < -0.39 is 7.82 Å². The number of phosphoric ester groups is 1. The maximum Gasteiger partial charge on any atom is 0.604 e. The normalized spacial score (nSPS) is 11.7. The monoisotopic (exact) mass is 789 g/mol. The molecule has 0 aliphatic heterocycles. The predicted molar refractivity (Wildman–Crippen MR) is 235 cm³/mol. The topological polar surface area (TPSA) is 44.8 Å². The maximum atomic E-state index is 14.2. The highest BCUT2D eigenvalue weighted by molar-refractivity contribution is 7.50. The summed E-state index contributed by atoms with van der Waals surface area (Å²) >= 11 is 6.00. The molecule has 0 spiro atoms. The average molecular weight is 790 g/mol. The lowest BCUT2D eigenvalue weighted by molar-refractivity contribution is 0.305. The smallest absolute Gasteiger partial charge is 0.394 e. The van der Waals surface area contributed by atoms with Crippen molar-refractivity contribution in [1.29, 1.82) is 0 Å². The molecule has 0 amide bonds. The van der Waals surface area contributed by atoms with Gasteiger partial charge in [-0.1, -0.05) is 206 Å². The standard InChI is InChI=1S/C48H82ClO4P/c1-5-9-13-17-21-25-29-33-43-37-39-47(45(41-43)35-31-27-23-19-15-11-7-3)51-54(50,53-49)52-48-40-38-44(34-30-26-22-18-14-10-6-2)42-46(48)36-32-28-24-20-16-12-8-4/h37-42H,5-36H2,1-4H3. The Morgan fingerprint density at radius 1 is 0.407 bits per heavy atom. The molecule has 54 heavy (non-hydrogen) atoms. The summed E-state index contributed by atoms with van der Waals surface area (Å²) in [6.07, 6.45) is 39.3. The largest absolute Gasteiger partial charge is 0.604 e. The quantitative estimate of drug-likeness (QED) is 0.0505. The second kappa shape index (κ2) is 32.6. The van der Waals surface area contributed by atoms with Crippen molar-refractivity contribution in [2.24, 2.45) is 0 Å². The molecule has 0 radical (unpaired) electrons. The first-order valence-corrected chi connectivity index (χ1v) is 24.8. The van der Waals surface area contributed by atoms with Gasteiger partial charge in [0.15, 0.2) is 0 Å². The first kappa shape index (κ1) is 48.7. The minimum absolute atomic E-state index is 0.553. The zero-order valence-electron chi connectivity index (χ0n) is 35.5. The number of aryl methyl sites for hydroxylation is 4. The fourth-order valence-electron chi connectivity index (χ4n) is 7.55. The second-order valence-electron chi connectivity index (χ2n) is 16.1. The molecule has 0 saturated heterocycles. The van der Waals surface area contributed by atoms with Crippen LogP contribution in [0, 0.1) is 0 Å². The Bertz CT molecular complexity index is 1140. The maximum absolute atomic E-state index is 14.2. The SMILES string of the molecule is CCCCCCCCCc1ccc(OP(=O)(OCl)Oc2ccc(CCCCCCCCC)cc2CCCCCCCCC)c(CCCCCCCCC)c1. The van der Waals surface area contributed by atoms with E-state index in [-0.39, 0.29) is 0 Å². The van der Waals surface area contributed by atoms with Crippen molar-refractivity contribution < 1.29 is 17.7 Å². The van der Waals surface area contributed by atoms with Gasteiger partial charge >= 0.3 is 7.82 Å². The van der Waals surface area contributed by atoms with Crippen LogP contribution in [0.4, 0.5) is 0 Å². The fraction of sp³-hybridized carbons (Fsp3) is 0.750. The molecule has 0 fully saturated rings. The van der Waals surface area contributed by atoms with Gasteiger partial charge in [-0.3, -0.25) is 0 Å². The number of hydrogen-bond donors (Lipinski definition) is 0. The van der Waals surface area contributed by atoms with Gasteiger partial charge in [0, 0.05) is 0 Å². The molecule has 0 heterocycles. The molecular formula is C48H82ClO4P. The lowest BCUT2D eigenvalue weighted by Crippen LogP contribution is -2.06. The van der Waals surface area contributed by atoms with Gasteiger partial charge in [-0.25, -0.2) is 4.57 Å². The molecule has 0 aliphatic carbocycles. The minimum atomic E-state index is -4.16. The third-order valence-electron chi connectivity index (χ3n) is 11.0. The summed E-state index contributed by atoms with van der Waals surface area (Å²) in [5.74, 6) is 1.11. The minimum Gasteiger partial charge on any atom is -0.394 e. The molecule has 4 nitrogen and oxygen atoms in total. The van der Waals surface area contributed by atoms with E-state index in [1.54, 1.807) is 0 Å². The molecular weight excluding hydrogens is 707 g/mol. The first-order valence-electron chi connectivity index (χ1n) is 23.0. The van der Waals surface area contributed by atoms with Crippen LogP contribution in [0.2, 0.25) is 0 Å². The number of halogens is 1. The van der Waals surface area contributed by atoms with Crippen LogP contribution in [0.15, 0.2) is 36.4 Å². The van der Waals surface area contributed by atoms with Crippen LogP contribution in [0.5, 0.6) is 11.5 Å². The van der Waals surface area contributed by atoms with Crippen molar-refractivity contribution >= 4 is 19.7 Å². The average Bonchev–Trinajstić information content (AvgIpc) is 3.18. The van der Waals surface area contributed by atoms with E-state index in [0.717, 1.165) is 49.7 Å². The predicted octanol–water partition coefficient (Wildman–Crippen LogP) is 17.6. The van der Waals surface area contributed by atoms with E-state index >= 15 is 0 Å². The first-order chi connectivity index (χ1) is 26.5. The Hall–Kier alpha value is -1.48. The summed E-state index contributed by atoms with van der Waals surface area (Å²) in [5.41, 5.74) is 4.75. The van der Waals surface area contributed by atoms with Crippen LogP contribution in [-0.2, 0) is 34.3 Å². The molecule has 0 saturated carbocycles. The van der Waals surface area contributed by atoms with Gasteiger partial charge in [-0.15, -0.1) is 0 Å². The molecule has 0 aliphatic rings. The molecule has 0 aromatic heterocycles. The molecule has 0 unspecified atom stereocenters. The van der Waals surface area contributed by atoms with Gasteiger partial charge in [0.1, 0.15) is 11.5 Å². The van der Waals surface area contributed by atoms with Gasteiger partial charge < -0.3 is 9.05 Å². The van der Waals surface area contributed by atoms with Crippen molar-refractivity contribution in [3.05, 3.63) is 58.7 Å². The van der Waals surface area contributed by atoms with Gasteiger partial charge in [-0.05, 0) is 85.8 Å². The zero-order valence-corrected chi connectivity index (χ0v) is 37.2. The van der Waals surface area contributed by atoms with Crippen molar-refractivity contribution in [3.8, 4) is 11.5 Å². The lowest BCUT2D eigenvalue weighted by atomic mass is 9.99. The van der Waals surface area contributed by atoms with Gasteiger partial charge in [0.05, 0.1) is 11.9 Å². The number of hydrogen-bond acceptors (Lipinski definition) is 4. The lowest BCUT2D eigenvalue weighted by Gasteiger charge is -2.20. The van der Waals surface area contributed by atoms with E-state index in [1.807, 2.05) is 12.1 Å². The van der Waals surface area contributed by atoms with E-state index in [0.29, 0.717) is 11.5 Å². The number of phosphoric acid groups is 1. The second-order valence-corrected chi connectivity index (χ2v) is 17.9. The van der Waals surface area contributed by atoms with Crippen LogP contribution < -0.4 is 9.05 Å². The Morgan fingerprint density at radius 3 is 0.981 bits per heavy atom. The van der Waals surface area contributed by atoms with E-state index in [1.165, 1.54) is 178 Å². The third-order valence-corrected chi connectivity index (χ3v) is 12.5. The van der Waals surface area contributed by atoms with Crippen LogP contribution >= 0.6 is 19.7 Å². The van der Waals surface area contributed by atoms with Crippen molar-refractivity contribution in [1.82, 2.24) is 0 Å². The van der Waals surface area contributed by atoms with Crippen LogP contribution in [0.1, 0.15) is 230 Å². The van der Waals surface area contributed by atoms with E-state index in [9.17, 15) is 4.57 Å². The zero-order chi connectivity index (χ0) is 39.0. The Kier molecular flexibility index (Phi) is 29.4. The number of benzene rings is 2. The van der Waals surface area contributed by atoms with Crippen LogP contribution in [0.25, 0.3) is 0 Å². The Morgan fingerprint density at radius 2 is 0.685 bits per heavy atom. The van der Waals surface area contributed by atoms with Gasteiger partial charge in [0.2, 0.25) is 0 Å². The molecule has 310 valence electrons. The fourth-order valence-corrected chi connectivity index (χ4v) is 8.65. The van der Waals surface area contributed by atoms with Crippen LogP contribution in [0.3, 0.4) is 0 Å². The van der Waals surface area contributed by atoms with Gasteiger partial charge in [-0.2, -0.15) is 4.08 Å². The third kappa shape index (κ3) is 22.9. The molecule has 2 aromatic rings. The summed E-state index contributed by atoms with van der Waals surface area (Å²) < 4.78 is 31.7. The highest BCUT2D eigenvalue weighted by Crippen LogP contribution is 2.52. The molecule has 2 aromatic carbocycles. The summed E-state index contributed by atoms with van der Waals surface area (Å²) in [7, 11) is -4.16. The molecule has 0 bridgehead atoms. The highest BCUT2D eigenvalue weighted by atomic mass is 35.5. The molecule has 0 atom stereocenters. The highest BCUT2D eigenvalue weighted by Gasteiger charge is 2.33. The van der Waals surface area contributed by atoms with E-state index in [4.69, 9.17) is 25.0 Å². The summed E-state index contributed by atoms with van der Waals surface area (Å²) in [6.45, 7) is 9.06. The summed E-state index contributed by atoms with van der Waals surface area (Å²) in [4.78, 5) is 0. The molecule has 2 rings (SSSR count). The number of unbranched alkanes of at least 4 members (excludes halogenated alkanes) is 24. The Balaban J connectivity index is 2.17. The van der Waals surface area contributed by atoms with Crippen molar-refractivity contribution in [2.75, 3.05) is 0 Å². The Labute approximate surface area is 339 Å². The summed E-state index contributed by atoms with van der Waals surface area (Å²) in [6, 6.07) is 12.7. The van der Waals surface area contributed by atoms with Crippen LogP contribution in [-0.4, -0.2) is 0 Å². The van der Waals surface area contributed by atoms with Gasteiger partial charge in [0.25, 0.3) is 0 Å². The summed E-state index contributed by atoms with van der Waals surface area (Å²) in [5, 5.41) is 0. The number of rotatable bonds is 37. The molecule has 0 N–H and O–H groups in total. The van der Waals surface area contributed by atoms with Crippen molar-refractivity contribution in [2.45, 2.75) is 233 Å². The molecule has 6 heteroatoms.